The van der Waals surface area contributed by atoms with Gasteiger partial charge >= 0.3 is 0 Å². The first-order valence-corrected chi connectivity index (χ1v) is 8.51. The average molecular weight is 339 g/mol. The molecule has 1 aromatic heterocycles. The van der Waals surface area contributed by atoms with Crippen LogP contribution in [0.25, 0.3) is 6.08 Å². The summed E-state index contributed by atoms with van der Waals surface area (Å²) in [6, 6.07) is 22.8. The fourth-order valence-corrected chi connectivity index (χ4v) is 2.86. The van der Waals surface area contributed by atoms with Crippen LogP contribution in [0.1, 0.15) is 26.4 Å². The van der Waals surface area contributed by atoms with E-state index in [0.29, 0.717) is 4.88 Å². The van der Waals surface area contributed by atoms with Gasteiger partial charge in [-0.15, -0.1) is 11.3 Å². The number of thiophene rings is 1. The topological polar surface area (TPSA) is 40.9 Å². The molecule has 0 fully saturated rings. The Bertz CT molecular complexity index is 996. The van der Waals surface area contributed by atoms with E-state index in [1.807, 2.05) is 66.0 Å². The molecule has 1 heterocycles. The molecule has 0 N–H and O–H groups in total. The Hall–Kier alpha value is -3.40. The molecule has 2 nitrogen and oxygen atoms in total. The summed E-state index contributed by atoms with van der Waals surface area (Å²) in [7, 11) is 0. The van der Waals surface area contributed by atoms with Gasteiger partial charge in [-0.1, -0.05) is 48.2 Å². The number of ketones is 1. The van der Waals surface area contributed by atoms with Crippen LogP contribution in [0, 0.1) is 23.2 Å². The van der Waals surface area contributed by atoms with Crippen molar-refractivity contribution < 1.29 is 4.79 Å². The van der Waals surface area contributed by atoms with Gasteiger partial charge in [0.1, 0.15) is 11.6 Å². The zero-order valence-electron chi connectivity index (χ0n) is 13.3. The van der Waals surface area contributed by atoms with Gasteiger partial charge in [-0.25, -0.2) is 0 Å². The van der Waals surface area contributed by atoms with E-state index >= 15 is 0 Å². The maximum Gasteiger partial charge on any atom is 0.213 e. The lowest BCUT2D eigenvalue weighted by atomic mass is 10.1. The van der Waals surface area contributed by atoms with E-state index < -0.39 is 0 Å². The van der Waals surface area contributed by atoms with Gasteiger partial charge in [0.2, 0.25) is 5.78 Å². The number of Topliss-reactive ketones (excluding diaryl/α,β-unsaturated/α-hetero) is 1. The molecule has 25 heavy (non-hydrogen) atoms. The Morgan fingerprint density at radius 3 is 2.16 bits per heavy atom. The number of nitriles is 1. The van der Waals surface area contributed by atoms with Crippen molar-refractivity contribution in [2.75, 3.05) is 0 Å². The van der Waals surface area contributed by atoms with Crippen LogP contribution in [0.4, 0.5) is 0 Å². The summed E-state index contributed by atoms with van der Waals surface area (Å²) >= 11 is 1.33. The summed E-state index contributed by atoms with van der Waals surface area (Å²) in [4.78, 5) is 12.8. The minimum absolute atomic E-state index is 0.130. The molecule has 0 amide bonds. The number of carbonyl (C=O) groups excluding carboxylic acids is 1. The number of hydrogen-bond acceptors (Lipinski definition) is 3. The van der Waals surface area contributed by atoms with Gasteiger partial charge in [-0.05, 0) is 47.4 Å². The Labute approximate surface area is 150 Å². The van der Waals surface area contributed by atoms with Crippen molar-refractivity contribution in [3.63, 3.8) is 0 Å². The van der Waals surface area contributed by atoms with Crippen molar-refractivity contribution >= 4 is 23.2 Å². The van der Waals surface area contributed by atoms with Gasteiger partial charge in [0, 0.05) is 11.1 Å². The molecule has 118 valence electrons. The number of allylic oxidation sites excluding steroid dienone is 1. The van der Waals surface area contributed by atoms with E-state index in [-0.39, 0.29) is 11.4 Å². The SMILES string of the molecule is N#CC(=Cc1ccc(C#Cc2ccccc2)cc1)C(=O)c1cccs1. The largest absolute Gasteiger partial charge is 0.287 e. The smallest absolute Gasteiger partial charge is 0.213 e. The Kier molecular flexibility index (Phi) is 5.22. The van der Waals surface area contributed by atoms with Crippen LogP contribution >= 0.6 is 11.3 Å². The van der Waals surface area contributed by atoms with Gasteiger partial charge in [0.05, 0.1) is 4.88 Å². The molecule has 0 unspecified atom stereocenters. The molecule has 2 aromatic carbocycles. The quantitative estimate of drug-likeness (QED) is 0.293. The van der Waals surface area contributed by atoms with E-state index in [0.717, 1.165) is 16.7 Å². The van der Waals surface area contributed by atoms with Crippen LogP contribution in [-0.2, 0) is 0 Å². The van der Waals surface area contributed by atoms with E-state index in [2.05, 4.69) is 11.8 Å². The Morgan fingerprint density at radius 2 is 1.56 bits per heavy atom. The average Bonchev–Trinajstić information content (AvgIpc) is 3.20. The normalized spacial score (nSPS) is 10.4. The second-order valence-electron chi connectivity index (χ2n) is 5.21. The fraction of sp³-hybridized carbons (Fsp3) is 0. The maximum absolute atomic E-state index is 12.3. The number of hydrogen-bond donors (Lipinski definition) is 0. The molecule has 3 rings (SSSR count). The van der Waals surface area contributed by atoms with Crippen molar-refractivity contribution in [3.05, 3.63) is 99.3 Å². The summed E-state index contributed by atoms with van der Waals surface area (Å²) in [6.07, 6.45) is 1.61. The third-order valence-electron chi connectivity index (χ3n) is 3.46. The van der Waals surface area contributed by atoms with Crippen molar-refractivity contribution in [1.29, 1.82) is 5.26 Å². The molecule has 0 radical (unpaired) electrons. The van der Waals surface area contributed by atoms with Gasteiger partial charge in [0.15, 0.2) is 0 Å². The second-order valence-corrected chi connectivity index (χ2v) is 6.16. The van der Waals surface area contributed by atoms with Crippen LogP contribution in [0.15, 0.2) is 77.7 Å². The number of carbonyl (C=O) groups is 1. The van der Waals surface area contributed by atoms with E-state index in [4.69, 9.17) is 0 Å². The number of benzene rings is 2. The van der Waals surface area contributed by atoms with Crippen LogP contribution in [0.3, 0.4) is 0 Å². The number of nitrogens with zero attached hydrogens (tertiary/aromatic N) is 1. The van der Waals surface area contributed by atoms with E-state index in [1.54, 1.807) is 18.2 Å². The van der Waals surface area contributed by atoms with E-state index in [1.165, 1.54) is 11.3 Å². The zero-order valence-corrected chi connectivity index (χ0v) is 14.1. The highest BCUT2D eigenvalue weighted by Gasteiger charge is 2.12. The third kappa shape index (κ3) is 4.32. The summed E-state index contributed by atoms with van der Waals surface area (Å²) in [5.41, 5.74) is 2.76. The highest BCUT2D eigenvalue weighted by Crippen LogP contribution is 2.17. The first-order chi connectivity index (χ1) is 12.3. The van der Waals surface area contributed by atoms with Crippen molar-refractivity contribution in [3.8, 4) is 17.9 Å². The lowest BCUT2D eigenvalue weighted by Crippen LogP contribution is -1.98. The lowest BCUT2D eigenvalue weighted by molar-refractivity contribution is 0.104. The summed E-state index contributed by atoms with van der Waals surface area (Å²) < 4.78 is 0. The summed E-state index contributed by atoms with van der Waals surface area (Å²) in [5.74, 6) is 5.95. The predicted molar refractivity (Wildman–Crippen MR) is 101 cm³/mol. The minimum Gasteiger partial charge on any atom is -0.287 e. The fourth-order valence-electron chi connectivity index (χ4n) is 2.18. The molecule has 3 heteroatoms. The van der Waals surface area contributed by atoms with Crippen molar-refractivity contribution in [2.45, 2.75) is 0 Å². The first-order valence-electron chi connectivity index (χ1n) is 7.63. The molecule has 3 aromatic rings. The number of rotatable bonds is 3. The van der Waals surface area contributed by atoms with Gasteiger partial charge in [-0.2, -0.15) is 5.26 Å². The molecular weight excluding hydrogens is 326 g/mol. The monoisotopic (exact) mass is 339 g/mol. The summed E-state index contributed by atoms with van der Waals surface area (Å²) in [6.45, 7) is 0. The highest BCUT2D eigenvalue weighted by molar-refractivity contribution is 7.12. The van der Waals surface area contributed by atoms with Crippen molar-refractivity contribution in [2.24, 2.45) is 0 Å². The Balaban J connectivity index is 1.79. The Morgan fingerprint density at radius 1 is 0.880 bits per heavy atom. The first kappa shape index (κ1) is 16.5. The molecule has 0 saturated heterocycles. The molecular formula is C22H13NOS. The minimum atomic E-state index is -0.245. The molecule has 0 spiro atoms. The molecule has 0 bridgehead atoms. The van der Waals surface area contributed by atoms with Gasteiger partial charge < -0.3 is 0 Å². The molecule has 0 aliphatic heterocycles. The second kappa shape index (κ2) is 7.93. The maximum atomic E-state index is 12.3. The molecule has 0 aliphatic carbocycles. The predicted octanol–water partition coefficient (Wildman–Crippen LogP) is 4.94. The highest BCUT2D eigenvalue weighted by atomic mass is 32.1. The molecule has 0 aliphatic rings. The molecule has 0 saturated carbocycles. The van der Waals surface area contributed by atoms with Crippen LogP contribution in [-0.4, -0.2) is 5.78 Å². The lowest BCUT2D eigenvalue weighted by Gasteiger charge is -1.98. The molecule has 0 atom stereocenters. The van der Waals surface area contributed by atoms with Crippen molar-refractivity contribution in [1.82, 2.24) is 0 Å². The van der Waals surface area contributed by atoms with Crippen LogP contribution in [0.2, 0.25) is 0 Å². The van der Waals surface area contributed by atoms with E-state index in [9.17, 15) is 10.1 Å². The van der Waals surface area contributed by atoms with Crippen LogP contribution < -0.4 is 0 Å². The third-order valence-corrected chi connectivity index (χ3v) is 4.33. The standard InChI is InChI=1S/C22H13NOS/c23-16-20(22(24)21-7-4-14-25-21)15-19-12-10-18(11-13-19)9-8-17-5-2-1-3-6-17/h1-7,10-15H. The van der Waals surface area contributed by atoms with Gasteiger partial charge in [-0.3, -0.25) is 4.79 Å². The summed E-state index contributed by atoms with van der Waals surface area (Å²) in [5, 5.41) is 11.1. The van der Waals surface area contributed by atoms with Gasteiger partial charge in [0.25, 0.3) is 0 Å². The van der Waals surface area contributed by atoms with Crippen LogP contribution in [0.5, 0.6) is 0 Å². The zero-order chi connectivity index (χ0) is 17.5.